The molecule has 1 aromatic heterocycles. The van der Waals surface area contributed by atoms with Crippen molar-refractivity contribution in [3.05, 3.63) is 47.5 Å². The minimum atomic E-state index is -0.279. The van der Waals surface area contributed by atoms with Crippen LogP contribution in [0.4, 0.5) is 4.39 Å². The van der Waals surface area contributed by atoms with Crippen LogP contribution in [-0.2, 0) is 4.79 Å². The molecule has 3 atom stereocenters. The third kappa shape index (κ3) is 4.19. The molecule has 2 aromatic rings. The fourth-order valence-electron chi connectivity index (χ4n) is 3.35. The molecule has 3 N–H and O–H groups in total. The van der Waals surface area contributed by atoms with Crippen molar-refractivity contribution >= 4 is 18.3 Å². The van der Waals surface area contributed by atoms with Crippen LogP contribution in [0.15, 0.2) is 30.5 Å². The Hall–Kier alpha value is -1.92. The molecule has 1 aliphatic carbocycles. The number of hydrogen-bond acceptors (Lipinski definition) is 3. The summed E-state index contributed by atoms with van der Waals surface area (Å²) in [7, 11) is 0. The molecule has 1 fully saturated rings. The van der Waals surface area contributed by atoms with E-state index < -0.39 is 0 Å². The molecular weight excluding hydrogens is 343 g/mol. The molecule has 0 spiro atoms. The monoisotopic (exact) mass is 366 g/mol. The van der Waals surface area contributed by atoms with E-state index in [1.165, 1.54) is 12.1 Å². The highest BCUT2D eigenvalue weighted by atomic mass is 35.5. The number of nitrogens with one attached hydrogen (secondary N) is 1. The van der Waals surface area contributed by atoms with Gasteiger partial charge in [-0.25, -0.2) is 9.07 Å². The molecule has 1 saturated carbocycles. The van der Waals surface area contributed by atoms with Gasteiger partial charge in [0.2, 0.25) is 5.91 Å². The number of amides is 1. The Labute approximate surface area is 153 Å². The van der Waals surface area contributed by atoms with E-state index >= 15 is 0 Å². The van der Waals surface area contributed by atoms with Crippen LogP contribution in [0.5, 0.6) is 0 Å². The molecule has 0 bridgehead atoms. The number of halogens is 2. The molecule has 0 aliphatic heterocycles. The third-order valence-electron chi connectivity index (χ3n) is 4.79. The lowest BCUT2D eigenvalue weighted by molar-refractivity contribution is -0.125. The molecule has 25 heavy (non-hydrogen) atoms. The van der Waals surface area contributed by atoms with Gasteiger partial charge in [0, 0.05) is 23.2 Å². The molecule has 7 heteroatoms. The Morgan fingerprint density at radius 2 is 2.04 bits per heavy atom. The highest BCUT2D eigenvalue weighted by Crippen LogP contribution is 2.26. The van der Waals surface area contributed by atoms with Crippen molar-refractivity contribution in [2.75, 3.05) is 0 Å². The maximum absolute atomic E-state index is 13.1. The number of hydrogen-bond donors (Lipinski definition) is 2. The van der Waals surface area contributed by atoms with Crippen molar-refractivity contribution in [3.8, 4) is 5.69 Å². The Bertz CT molecular complexity index is 731. The quantitative estimate of drug-likeness (QED) is 0.873. The number of nitrogens with zero attached hydrogens (tertiary/aromatic N) is 2. The lowest BCUT2D eigenvalue weighted by atomic mass is 10.0. The van der Waals surface area contributed by atoms with E-state index in [2.05, 4.69) is 10.4 Å². The molecule has 0 saturated heterocycles. The van der Waals surface area contributed by atoms with Gasteiger partial charge in [-0.05, 0) is 57.4 Å². The number of nitrogens with two attached hydrogens (primary N) is 1. The summed E-state index contributed by atoms with van der Waals surface area (Å²) in [5, 5.41) is 7.44. The van der Waals surface area contributed by atoms with E-state index in [-0.39, 0.29) is 42.1 Å². The molecule has 1 heterocycles. The van der Waals surface area contributed by atoms with Crippen LogP contribution in [0.25, 0.3) is 5.69 Å². The maximum Gasteiger partial charge on any atom is 0.223 e. The van der Waals surface area contributed by atoms with E-state index in [0.29, 0.717) is 0 Å². The standard InChI is InChI=1S/C18H23FN4O.ClH/c1-11(22-18(24)13-3-6-15(20)9-13)17-10-21-23(12(17)2)16-7-4-14(19)5-8-16;/h4-5,7-8,10-11,13,15H,3,6,9,20H2,1-2H3,(H,22,24);1H. The van der Waals surface area contributed by atoms with E-state index in [1.54, 1.807) is 23.0 Å². The SMILES string of the molecule is Cc1c(C(C)NC(=O)C2CCC(N)C2)cnn1-c1ccc(F)cc1.Cl. The summed E-state index contributed by atoms with van der Waals surface area (Å²) in [6.45, 7) is 3.89. The molecular formula is C18H24ClFN4O. The first kappa shape index (κ1) is 19.4. The van der Waals surface area contributed by atoms with Gasteiger partial charge in [-0.15, -0.1) is 12.4 Å². The smallest absolute Gasteiger partial charge is 0.223 e. The summed E-state index contributed by atoms with van der Waals surface area (Å²) >= 11 is 0. The second-order valence-corrected chi connectivity index (χ2v) is 6.57. The highest BCUT2D eigenvalue weighted by Gasteiger charge is 2.29. The lowest BCUT2D eigenvalue weighted by Crippen LogP contribution is -2.32. The Morgan fingerprint density at radius 3 is 2.64 bits per heavy atom. The average Bonchev–Trinajstić information content (AvgIpc) is 3.14. The molecule has 3 unspecified atom stereocenters. The van der Waals surface area contributed by atoms with Crippen LogP contribution >= 0.6 is 12.4 Å². The van der Waals surface area contributed by atoms with Crippen LogP contribution < -0.4 is 11.1 Å². The van der Waals surface area contributed by atoms with Crippen LogP contribution in [0, 0.1) is 18.7 Å². The van der Waals surface area contributed by atoms with Crippen LogP contribution in [0.2, 0.25) is 0 Å². The fraction of sp³-hybridized carbons (Fsp3) is 0.444. The number of carbonyl (C=O) groups is 1. The first-order valence-electron chi connectivity index (χ1n) is 8.32. The predicted octanol–water partition coefficient (Wildman–Crippen LogP) is 3.05. The van der Waals surface area contributed by atoms with Gasteiger partial charge in [0.25, 0.3) is 0 Å². The molecule has 5 nitrogen and oxygen atoms in total. The van der Waals surface area contributed by atoms with Gasteiger partial charge in [-0.1, -0.05) is 0 Å². The zero-order valence-corrected chi connectivity index (χ0v) is 15.2. The van der Waals surface area contributed by atoms with Crippen molar-refractivity contribution in [3.63, 3.8) is 0 Å². The summed E-state index contributed by atoms with van der Waals surface area (Å²) in [5.74, 6) is -0.210. The Balaban J connectivity index is 0.00000225. The zero-order chi connectivity index (χ0) is 17.3. The lowest BCUT2D eigenvalue weighted by Gasteiger charge is -2.17. The Morgan fingerprint density at radius 1 is 1.36 bits per heavy atom. The van der Waals surface area contributed by atoms with E-state index in [9.17, 15) is 9.18 Å². The first-order valence-corrected chi connectivity index (χ1v) is 8.32. The largest absolute Gasteiger partial charge is 0.349 e. The van der Waals surface area contributed by atoms with Gasteiger partial charge in [0.1, 0.15) is 5.82 Å². The van der Waals surface area contributed by atoms with Crippen molar-refractivity contribution in [1.29, 1.82) is 0 Å². The molecule has 1 amide bonds. The van der Waals surface area contributed by atoms with Gasteiger partial charge in [-0.2, -0.15) is 5.10 Å². The normalized spacial score (nSPS) is 20.8. The molecule has 136 valence electrons. The second kappa shape index (κ2) is 7.97. The number of benzene rings is 1. The fourth-order valence-corrected chi connectivity index (χ4v) is 3.35. The number of aromatic nitrogens is 2. The maximum atomic E-state index is 13.1. The predicted molar refractivity (Wildman–Crippen MR) is 97.4 cm³/mol. The van der Waals surface area contributed by atoms with Gasteiger partial charge in [-0.3, -0.25) is 4.79 Å². The summed E-state index contributed by atoms with van der Waals surface area (Å²) < 4.78 is 14.8. The topological polar surface area (TPSA) is 72.9 Å². The van der Waals surface area contributed by atoms with Crippen molar-refractivity contribution in [1.82, 2.24) is 15.1 Å². The molecule has 1 aromatic carbocycles. The number of carbonyl (C=O) groups excluding carboxylic acids is 1. The minimum Gasteiger partial charge on any atom is -0.349 e. The van der Waals surface area contributed by atoms with Crippen molar-refractivity contribution in [2.45, 2.75) is 45.2 Å². The summed E-state index contributed by atoms with van der Waals surface area (Å²) in [6, 6.07) is 6.18. The van der Waals surface area contributed by atoms with Crippen molar-refractivity contribution in [2.24, 2.45) is 11.7 Å². The van der Waals surface area contributed by atoms with Crippen LogP contribution in [-0.4, -0.2) is 21.7 Å². The van der Waals surface area contributed by atoms with E-state index in [4.69, 9.17) is 5.73 Å². The van der Waals surface area contributed by atoms with E-state index in [1.807, 2.05) is 13.8 Å². The van der Waals surface area contributed by atoms with Gasteiger partial charge in [0.15, 0.2) is 0 Å². The van der Waals surface area contributed by atoms with E-state index in [0.717, 1.165) is 36.2 Å². The summed E-state index contributed by atoms with van der Waals surface area (Å²) in [5.41, 5.74) is 8.56. The summed E-state index contributed by atoms with van der Waals surface area (Å²) in [4.78, 5) is 12.4. The summed E-state index contributed by atoms with van der Waals surface area (Å²) in [6.07, 6.45) is 4.28. The third-order valence-corrected chi connectivity index (χ3v) is 4.79. The second-order valence-electron chi connectivity index (χ2n) is 6.57. The van der Waals surface area contributed by atoms with Gasteiger partial charge in [0.05, 0.1) is 17.9 Å². The Kier molecular flexibility index (Phi) is 6.19. The number of rotatable bonds is 4. The zero-order valence-electron chi connectivity index (χ0n) is 14.4. The molecule has 0 radical (unpaired) electrons. The van der Waals surface area contributed by atoms with Gasteiger partial charge < -0.3 is 11.1 Å². The van der Waals surface area contributed by atoms with Crippen LogP contribution in [0.3, 0.4) is 0 Å². The first-order chi connectivity index (χ1) is 11.5. The van der Waals surface area contributed by atoms with Crippen LogP contribution in [0.1, 0.15) is 43.5 Å². The highest BCUT2D eigenvalue weighted by molar-refractivity contribution is 5.85. The molecule has 3 rings (SSSR count). The average molecular weight is 367 g/mol. The van der Waals surface area contributed by atoms with Gasteiger partial charge >= 0.3 is 0 Å². The molecule has 1 aliphatic rings. The minimum absolute atomic E-state index is 0. The van der Waals surface area contributed by atoms with Crippen molar-refractivity contribution < 1.29 is 9.18 Å².